The first-order valence-electron chi connectivity index (χ1n) is 11.3. The predicted molar refractivity (Wildman–Crippen MR) is 127 cm³/mol. The van der Waals surface area contributed by atoms with Crippen LogP contribution in [-0.4, -0.2) is 49.2 Å². The highest BCUT2D eigenvalue weighted by atomic mass is 32.2. The lowest BCUT2D eigenvalue weighted by atomic mass is 9.94. The van der Waals surface area contributed by atoms with Crippen molar-refractivity contribution in [1.82, 2.24) is 9.29 Å². The fourth-order valence-corrected chi connectivity index (χ4v) is 6.94. The van der Waals surface area contributed by atoms with Crippen LogP contribution in [0.4, 0.5) is 5.69 Å². The maximum Gasteiger partial charge on any atom is 0.243 e. The van der Waals surface area contributed by atoms with Gasteiger partial charge >= 0.3 is 0 Å². The monoisotopic (exact) mass is 451 g/mol. The molecule has 1 fully saturated rings. The van der Waals surface area contributed by atoms with E-state index >= 15 is 0 Å². The summed E-state index contributed by atoms with van der Waals surface area (Å²) in [4.78, 5) is 18.4. The molecule has 7 heteroatoms. The molecule has 0 unspecified atom stereocenters. The van der Waals surface area contributed by atoms with E-state index in [2.05, 4.69) is 41.9 Å². The Morgan fingerprint density at radius 1 is 1.06 bits per heavy atom. The molecule has 0 amide bonds. The predicted octanol–water partition coefficient (Wildman–Crippen LogP) is 4.20. The molecule has 1 atom stereocenters. The van der Waals surface area contributed by atoms with Crippen LogP contribution < -0.4 is 4.90 Å². The average molecular weight is 452 g/mol. The molecule has 1 saturated heterocycles. The van der Waals surface area contributed by atoms with Gasteiger partial charge in [-0.2, -0.15) is 4.31 Å². The van der Waals surface area contributed by atoms with E-state index in [0.29, 0.717) is 36.5 Å². The van der Waals surface area contributed by atoms with Crippen LogP contribution >= 0.6 is 0 Å². The number of nitrogens with zero attached hydrogens (tertiary/aromatic N) is 2. The smallest absolute Gasteiger partial charge is 0.243 e. The molecular weight excluding hydrogens is 422 g/mol. The van der Waals surface area contributed by atoms with Crippen LogP contribution in [0.2, 0.25) is 0 Å². The number of rotatable bonds is 3. The summed E-state index contributed by atoms with van der Waals surface area (Å²) in [6.45, 7) is 7.50. The Morgan fingerprint density at radius 2 is 1.88 bits per heavy atom. The Labute approximate surface area is 189 Å². The first kappa shape index (κ1) is 21.2. The van der Waals surface area contributed by atoms with Crippen molar-refractivity contribution >= 4 is 32.4 Å². The summed E-state index contributed by atoms with van der Waals surface area (Å²) in [5.41, 5.74) is 5.44. The van der Waals surface area contributed by atoms with E-state index in [1.165, 1.54) is 5.56 Å². The van der Waals surface area contributed by atoms with Gasteiger partial charge in [-0.3, -0.25) is 4.79 Å². The molecule has 0 bridgehead atoms. The molecule has 5 rings (SSSR count). The van der Waals surface area contributed by atoms with Gasteiger partial charge in [-0.1, -0.05) is 12.1 Å². The van der Waals surface area contributed by atoms with Crippen LogP contribution in [0.1, 0.15) is 46.9 Å². The molecule has 6 nitrogen and oxygen atoms in total. The van der Waals surface area contributed by atoms with Crippen LogP contribution in [0.3, 0.4) is 0 Å². The van der Waals surface area contributed by atoms with Crippen molar-refractivity contribution in [3.63, 3.8) is 0 Å². The zero-order valence-electron chi connectivity index (χ0n) is 18.8. The molecule has 0 saturated carbocycles. The number of ketones is 1. The number of hydrogen-bond acceptors (Lipinski definition) is 4. The summed E-state index contributed by atoms with van der Waals surface area (Å²) in [5, 5.41) is 0.846. The van der Waals surface area contributed by atoms with Gasteiger partial charge in [0.25, 0.3) is 0 Å². The average Bonchev–Trinajstić information content (AvgIpc) is 3.11. The number of H-pyrrole nitrogens is 1. The van der Waals surface area contributed by atoms with Crippen LogP contribution in [-0.2, 0) is 16.4 Å². The lowest BCUT2D eigenvalue weighted by Crippen LogP contribution is -2.53. The first-order valence-corrected chi connectivity index (χ1v) is 12.7. The van der Waals surface area contributed by atoms with Gasteiger partial charge < -0.3 is 9.88 Å². The molecule has 1 N–H and O–H groups in total. The molecular formula is C25H29N3O3S. The third-order valence-electron chi connectivity index (χ3n) is 6.82. The van der Waals surface area contributed by atoms with Crippen molar-refractivity contribution in [2.24, 2.45) is 0 Å². The molecule has 1 aliphatic heterocycles. The quantitative estimate of drug-likeness (QED) is 0.648. The minimum Gasteiger partial charge on any atom is -0.366 e. The number of piperazine rings is 1. The summed E-state index contributed by atoms with van der Waals surface area (Å²) in [6.07, 6.45) is 2.23. The second kappa shape index (κ2) is 7.74. The number of anilines is 1. The molecule has 32 heavy (non-hydrogen) atoms. The van der Waals surface area contributed by atoms with E-state index in [4.69, 9.17) is 0 Å². The van der Waals surface area contributed by atoms with Gasteiger partial charge in [0.15, 0.2) is 5.78 Å². The Hall–Kier alpha value is -2.64. The van der Waals surface area contributed by atoms with Gasteiger partial charge in [-0.15, -0.1) is 0 Å². The number of carbonyl (C=O) groups excluding carboxylic acids is 1. The summed E-state index contributed by atoms with van der Waals surface area (Å²) >= 11 is 0. The number of hydrogen-bond donors (Lipinski definition) is 1. The van der Waals surface area contributed by atoms with Crippen LogP contribution in [0, 0.1) is 13.8 Å². The van der Waals surface area contributed by atoms with Crippen LogP contribution in [0.5, 0.6) is 0 Å². The van der Waals surface area contributed by atoms with E-state index in [1.54, 1.807) is 10.4 Å². The number of aromatic amines is 1. The number of fused-ring (bicyclic) bond motifs is 3. The van der Waals surface area contributed by atoms with Gasteiger partial charge in [0.2, 0.25) is 10.0 Å². The Bertz CT molecular complexity index is 1330. The normalized spacial score (nSPS) is 20.0. The Balaban J connectivity index is 1.46. The molecule has 2 aromatic carbocycles. The number of Topliss-reactive ketones (excluding diaryl/α,β-unsaturated/α-hetero) is 1. The highest BCUT2D eigenvalue weighted by Crippen LogP contribution is 2.34. The standard InChI is InChI=1S/C25H29N3O3S/c1-16-6-4-7-19(12-16)28-11-10-27(15-18(28)3)32(30,31)24-14-22-20(13-17(24)2)25-21(26-22)8-5-9-23(25)29/h4,6-7,12-14,18,26H,5,8-11,15H2,1-3H3/t18-/m1/s1. The largest absolute Gasteiger partial charge is 0.366 e. The summed E-state index contributed by atoms with van der Waals surface area (Å²) < 4.78 is 28.9. The van der Waals surface area contributed by atoms with E-state index in [9.17, 15) is 13.2 Å². The lowest BCUT2D eigenvalue weighted by molar-refractivity contribution is 0.0974. The first-order chi connectivity index (χ1) is 15.3. The summed E-state index contributed by atoms with van der Waals surface area (Å²) in [5.74, 6) is 0.147. The maximum absolute atomic E-state index is 13.6. The maximum atomic E-state index is 13.6. The zero-order valence-corrected chi connectivity index (χ0v) is 19.6. The summed E-state index contributed by atoms with van der Waals surface area (Å²) in [6, 6.07) is 12.0. The minimum atomic E-state index is -3.64. The van der Waals surface area contributed by atoms with E-state index in [1.807, 2.05) is 19.1 Å². The number of aromatic nitrogens is 1. The third kappa shape index (κ3) is 3.44. The highest BCUT2D eigenvalue weighted by Gasteiger charge is 2.34. The Kier molecular flexibility index (Phi) is 5.13. The zero-order chi connectivity index (χ0) is 22.6. The van der Waals surface area contributed by atoms with Gasteiger partial charge in [-0.05, 0) is 69.0 Å². The number of sulfonamides is 1. The second-order valence-electron chi connectivity index (χ2n) is 9.16. The topological polar surface area (TPSA) is 73.5 Å². The third-order valence-corrected chi connectivity index (χ3v) is 8.83. The molecule has 168 valence electrons. The van der Waals surface area contributed by atoms with E-state index in [-0.39, 0.29) is 11.8 Å². The highest BCUT2D eigenvalue weighted by molar-refractivity contribution is 7.89. The van der Waals surface area contributed by atoms with Crippen LogP contribution in [0.25, 0.3) is 10.9 Å². The molecule has 0 radical (unpaired) electrons. The number of nitrogens with one attached hydrogen (secondary N) is 1. The number of carbonyl (C=O) groups is 1. The van der Waals surface area contributed by atoms with Crippen molar-refractivity contribution < 1.29 is 13.2 Å². The second-order valence-corrected chi connectivity index (χ2v) is 11.1. The van der Waals surface area contributed by atoms with Gasteiger partial charge in [0.05, 0.1) is 4.90 Å². The van der Waals surface area contributed by atoms with Gasteiger partial charge in [0.1, 0.15) is 0 Å². The van der Waals surface area contributed by atoms with Crippen molar-refractivity contribution in [2.75, 3.05) is 24.5 Å². The minimum absolute atomic E-state index is 0.0692. The van der Waals surface area contributed by atoms with Crippen molar-refractivity contribution in [1.29, 1.82) is 0 Å². The summed E-state index contributed by atoms with van der Waals surface area (Å²) in [7, 11) is -3.64. The van der Waals surface area contributed by atoms with Crippen LogP contribution in [0.15, 0.2) is 41.3 Å². The lowest BCUT2D eigenvalue weighted by Gasteiger charge is -2.40. The number of benzene rings is 2. The van der Waals surface area contributed by atoms with Gasteiger partial charge in [-0.25, -0.2) is 8.42 Å². The van der Waals surface area contributed by atoms with Crippen molar-refractivity contribution in [3.05, 3.63) is 58.8 Å². The van der Waals surface area contributed by atoms with E-state index in [0.717, 1.165) is 40.7 Å². The molecule has 1 aromatic heterocycles. The molecule has 2 aliphatic rings. The number of aryl methyl sites for hydroxylation is 3. The SMILES string of the molecule is Cc1cccc(N2CCN(S(=O)(=O)c3cc4[nH]c5c(c4cc3C)C(=O)CCC5)C[C@H]2C)c1. The fourth-order valence-electron chi connectivity index (χ4n) is 5.19. The Morgan fingerprint density at radius 3 is 2.62 bits per heavy atom. The molecule has 0 spiro atoms. The molecule has 1 aliphatic carbocycles. The molecule has 3 aromatic rings. The van der Waals surface area contributed by atoms with Gasteiger partial charge in [0, 0.05) is 59.9 Å². The van der Waals surface area contributed by atoms with Crippen molar-refractivity contribution in [2.45, 2.75) is 51.0 Å². The molecule has 2 heterocycles. The van der Waals surface area contributed by atoms with Crippen molar-refractivity contribution in [3.8, 4) is 0 Å². The van der Waals surface area contributed by atoms with E-state index < -0.39 is 10.0 Å². The fraction of sp³-hybridized carbons (Fsp3) is 0.400.